The summed E-state index contributed by atoms with van der Waals surface area (Å²) >= 11 is 0. The van der Waals surface area contributed by atoms with Crippen LogP contribution >= 0.6 is 0 Å². The highest BCUT2D eigenvalue weighted by Gasteiger charge is 2.22. The molecule has 0 aliphatic carbocycles. The molecule has 2 aromatic heterocycles. The van der Waals surface area contributed by atoms with Crippen molar-refractivity contribution in [1.29, 1.82) is 0 Å². The van der Waals surface area contributed by atoms with Crippen molar-refractivity contribution >= 4 is 22.9 Å². The number of nitrogens with zero attached hydrogens (tertiary/aromatic N) is 5. The van der Waals surface area contributed by atoms with Gasteiger partial charge in [0.1, 0.15) is 17.3 Å². The zero-order valence-corrected chi connectivity index (χ0v) is 18.0. The van der Waals surface area contributed by atoms with Crippen molar-refractivity contribution in [3.63, 3.8) is 0 Å². The Balaban J connectivity index is 1.23. The molecule has 2 aromatic carbocycles. The number of imidazole rings is 1. The van der Waals surface area contributed by atoms with Crippen molar-refractivity contribution in [1.82, 2.24) is 19.3 Å². The number of anilines is 2. The maximum atomic E-state index is 4.90. The summed E-state index contributed by atoms with van der Waals surface area (Å²) in [4.78, 5) is 14.6. The van der Waals surface area contributed by atoms with Gasteiger partial charge in [-0.15, -0.1) is 0 Å². The Morgan fingerprint density at radius 3 is 2.41 bits per heavy atom. The second-order valence-electron chi connectivity index (χ2n) is 8.40. The van der Waals surface area contributed by atoms with Gasteiger partial charge in [-0.25, -0.2) is 9.97 Å². The minimum atomic E-state index is 0.781. The number of aromatic nitrogens is 3. The number of hydrogen-bond acceptors (Lipinski definition) is 5. The Morgan fingerprint density at radius 1 is 0.875 bits per heavy atom. The van der Waals surface area contributed by atoms with Crippen molar-refractivity contribution < 1.29 is 0 Å². The van der Waals surface area contributed by atoms with E-state index in [1.165, 1.54) is 16.7 Å². The monoisotopic (exact) mass is 422 g/mol. The quantitative estimate of drug-likeness (QED) is 0.540. The highest BCUT2D eigenvalue weighted by atomic mass is 15.3. The van der Waals surface area contributed by atoms with E-state index in [0.29, 0.717) is 0 Å². The maximum absolute atomic E-state index is 4.90. The molecule has 6 heteroatoms. The predicted octanol–water partition coefficient (Wildman–Crippen LogP) is 3.91. The van der Waals surface area contributed by atoms with E-state index in [1.54, 1.807) is 0 Å². The van der Waals surface area contributed by atoms with Gasteiger partial charge in [-0.2, -0.15) is 0 Å². The lowest BCUT2D eigenvalue weighted by Crippen LogP contribution is -2.46. The Labute approximate surface area is 187 Å². The van der Waals surface area contributed by atoms with Gasteiger partial charge in [0.2, 0.25) is 0 Å². The molecule has 2 aliphatic rings. The minimum absolute atomic E-state index is 0.781. The standard InChI is InChI=1S/C26H26N6/c1-3-7-20(8-4-1)18-30-13-15-31(16-14-30)24-19-32-23(29-24)17-28-25-22(11-12-27-26(25)32)21-9-5-2-6-10-21/h1-11,17,19,27H,12-16,18H2. The molecule has 0 amide bonds. The molecule has 1 saturated heterocycles. The van der Waals surface area contributed by atoms with Gasteiger partial charge in [-0.3, -0.25) is 9.30 Å². The number of nitrogens with one attached hydrogen (secondary N) is 1. The van der Waals surface area contributed by atoms with Crippen LogP contribution in [-0.2, 0) is 6.54 Å². The van der Waals surface area contributed by atoms with Gasteiger partial charge >= 0.3 is 0 Å². The summed E-state index contributed by atoms with van der Waals surface area (Å²) in [5.41, 5.74) is 5.60. The molecule has 6 rings (SSSR count). The molecule has 0 radical (unpaired) electrons. The van der Waals surface area contributed by atoms with E-state index in [2.05, 4.69) is 86.4 Å². The van der Waals surface area contributed by atoms with Gasteiger partial charge < -0.3 is 10.2 Å². The van der Waals surface area contributed by atoms with Crippen molar-refractivity contribution in [2.24, 2.45) is 0 Å². The lowest BCUT2D eigenvalue weighted by atomic mass is 10.00. The molecule has 1 N–H and O–H groups in total. The second-order valence-corrected chi connectivity index (χ2v) is 8.40. The lowest BCUT2D eigenvalue weighted by Gasteiger charge is -2.34. The van der Waals surface area contributed by atoms with Gasteiger partial charge in [0.15, 0.2) is 5.65 Å². The van der Waals surface area contributed by atoms with Gasteiger partial charge in [0.05, 0.1) is 12.4 Å². The molecule has 4 aromatic rings. The fourth-order valence-electron chi connectivity index (χ4n) is 4.66. The Kier molecular flexibility index (Phi) is 4.85. The number of hydrogen-bond donors (Lipinski definition) is 1. The third kappa shape index (κ3) is 3.52. The van der Waals surface area contributed by atoms with Crippen LogP contribution in [0.25, 0.3) is 11.2 Å². The number of piperazine rings is 1. The predicted molar refractivity (Wildman–Crippen MR) is 129 cm³/mol. The van der Waals surface area contributed by atoms with Gasteiger partial charge in [0, 0.05) is 44.8 Å². The summed E-state index contributed by atoms with van der Waals surface area (Å²) in [6, 6.07) is 21.2. The minimum Gasteiger partial charge on any atom is -0.366 e. The van der Waals surface area contributed by atoms with Crippen LogP contribution < -0.4 is 10.2 Å². The van der Waals surface area contributed by atoms with E-state index in [0.717, 1.165) is 62.2 Å². The first-order chi connectivity index (χ1) is 15.8. The Hall–Kier alpha value is -3.64. The van der Waals surface area contributed by atoms with Crippen LogP contribution in [0.3, 0.4) is 0 Å². The smallest absolute Gasteiger partial charge is 0.159 e. The largest absolute Gasteiger partial charge is 0.366 e. The van der Waals surface area contributed by atoms with Gasteiger partial charge in [0.25, 0.3) is 0 Å². The zero-order chi connectivity index (χ0) is 21.3. The van der Waals surface area contributed by atoms with E-state index in [9.17, 15) is 0 Å². The summed E-state index contributed by atoms with van der Waals surface area (Å²) < 4.78 is 2.16. The van der Waals surface area contributed by atoms with Gasteiger partial charge in [-0.1, -0.05) is 66.7 Å². The Bertz CT molecular complexity index is 1250. The molecular formula is C26H26N6. The highest BCUT2D eigenvalue weighted by Crippen LogP contribution is 2.32. The molecule has 4 heterocycles. The second kappa shape index (κ2) is 8.13. The average molecular weight is 423 g/mol. The first-order valence-corrected chi connectivity index (χ1v) is 11.2. The number of benzene rings is 2. The third-order valence-corrected chi connectivity index (χ3v) is 6.36. The summed E-state index contributed by atoms with van der Waals surface area (Å²) in [6.45, 7) is 5.83. The van der Waals surface area contributed by atoms with Crippen LogP contribution in [0.1, 0.15) is 16.8 Å². The van der Waals surface area contributed by atoms with Crippen LogP contribution in [0.4, 0.5) is 11.6 Å². The van der Waals surface area contributed by atoms with Crippen LogP contribution in [0.2, 0.25) is 0 Å². The molecule has 2 aliphatic heterocycles. The summed E-state index contributed by atoms with van der Waals surface area (Å²) in [7, 11) is 0. The molecule has 1 fully saturated rings. The first-order valence-electron chi connectivity index (χ1n) is 11.2. The molecule has 160 valence electrons. The van der Waals surface area contributed by atoms with E-state index in [1.807, 2.05) is 12.3 Å². The number of rotatable bonds is 4. The fraction of sp³-hybridized carbons (Fsp3) is 0.231. The molecule has 0 atom stereocenters. The van der Waals surface area contributed by atoms with E-state index in [4.69, 9.17) is 9.97 Å². The van der Waals surface area contributed by atoms with Crippen LogP contribution in [0.15, 0.2) is 79.1 Å². The number of fused-ring (bicyclic) bond motifs is 3. The Morgan fingerprint density at radius 2 is 1.62 bits per heavy atom. The van der Waals surface area contributed by atoms with E-state index in [-0.39, 0.29) is 0 Å². The van der Waals surface area contributed by atoms with E-state index < -0.39 is 0 Å². The van der Waals surface area contributed by atoms with Crippen LogP contribution in [-0.4, -0.2) is 52.0 Å². The summed E-state index contributed by atoms with van der Waals surface area (Å²) in [6.07, 6.45) is 6.25. The molecule has 32 heavy (non-hydrogen) atoms. The molecule has 0 unspecified atom stereocenters. The fourth-order valence-corrected chi connectivity index (χ4v) is 4.66. The molecule has 0 bridgehead atoms. The van der Waals surface area contributed by atoms with Crippen molar-refractivity contribution in [3.05, 3.63) is 96.0 Å². The topological polar surface area (TPSA) is 48.7 Å². The average Bonchev–Trinajstić information content (AvgIpc) is 3.30. The van der Waals surface area contributed by atoms with Crippen LogP contribution in [0, 0.1) is 0 Å². The SMILES string of the molecule is C1=C(c2ccccc2)c2ncc3nc(N4CCN(Cc5ccccc5)CC4)cn3c2NC1. The highest BCUT2D eigenvalue weighted by molar-refractivity contribution is 5.86. The van der Waals surface area contributed by atoms with Crippen molar-refractivity contribution in [2.75, 3.05) is 42.9 Å². The first kappa shape index (κ1) is 19.1. The molecule has 0 saturated carbocycles. The van der Waals surface area contributed by atoms with E-state index >= 15 is 0 Å². The maximum Gasteiger partial charge on any atom is 0.159 e. The van der Waals surface area contributed by atoms with Crippen LogP contribution in [0.5, 0.6) is 0 Å². The third-order valence-electron chi connectivity index (χ3n) is 6.36. The zero-order valence-electron chi connectivity index (χ0n) is 18.0. The molecule has 0 spiro atoms. The normalized spacial score (nSPS) is 16.5. The van der Waals surface area contributed by atoms with Crippen molar-refractivity contribution in [2.45, 2.75) is 6.54 Å². The summed E-state index contributed by atoms with van der Waals surface area (Å²) in [5, 5.41) is 3.51. The molecule has 6 nitrogen and oxygen atoms in total. The summed E-state index contributed by atoms with van der Waals surface area (Å²) in [5.74, 6) is 2.04. The van der Waals surface area contributed by atoms with Gasteiger partial charge in [-0.05, 0) is 11.1 Å². The lowest BCUT2D eigenvalue weighted by molar-refractivity contribution is 0.249. The molecular weight excluding hydrogens is 396 g/mol. The van der Waals surface area contributed by atoms with Crippen molar-refractivity contribution in [3.8, 4) is 0 Å².